The molecule has 34 heavy (non-hydrogen) atoms. The average Bonchev–Trinajstić information content (AvgIpc) is 3.39. The maximum atomic E-state index is 12.2. The van der Waals surface area contributed by atoms with E-state index in [4.69, 9.17) is 0 Å². The highest BCUT2D eigenvalue weighted by Crippen LogP contribution is 2.63. The minimum absolute atomic E-state index is 0.112. The third-order valence-electron chi connectivity index (χ3n) is 9.13. The van der Waals surface area contributed by atoms with E-state index < -0.39 is 5.60 Å². The number of rotatable bonds is 1. The highest BCUT2D eigenvalue weighted by molar-refractivity contribution is 5.85. The van der Waals surface area contributed by atoms with E-state index in [0.29, 0.717) is 11.8 Å². The molecule has 5 unspecified atom stereocenters. The maximum absolute atomic E-state index is 12.2. The summed E-state index contributed by atoms with van der Waals surface area (Å²) in [4.78, 5) is 0. The number of nitrogens with one attached hydrogen (secondary N) is 2. The number of hydrogen-bond donors (Lipinski definition) is 4. The van der Waals surface area contributed by atoms with Crippen molar-refractivity contribution in [2.75, 3.05) is 14.1 Å². The van der Waals surface area contributed by atoms with Gasteiger partial charge < -0.3 is 15.5 Å². The number of nitrogens with zero attached hydrogens (tertiary/aromatic N) is 1. The molecule has 0 saturated heterocycles. The van der Waals surface area contributed by atoms with Crippen LogP contribution >= 0.6 is 0 Å². The van der Waals surface area contributed by atoms with Crippen molar-refractivity contribution in [1.82, 2.24) is 15.5 Å². The molecule has 1 aromatic carbocycles. The van der Waals surface area contributed by atoms with E-state index in [9.17, 15) is 10.2 Å². The molecule has 6 rings (SSSR count). The molecule has 1 heterocycles. The minimum atomic E-state index is -0.799. The van der Waals surface area contributed by atoms with Gasteiger partial charge in [-0.15, -0.1) is 0 Å². The van der Waals surface area contributed by atoms with Gasteiger partial charge in [0.15, 0.2) is 0 Å². The third-order valence-corrected chi connectivity index (χ3v) is 9.13. The third kappa shape index (κ3) is 3.60. The quantitative estimate of drug-likeness (QED) is 0.482. The van der Waals surface area contributed by atoms with Crippen LogP contribution in [0.1, 0.15) is 57.9 Å². The molecule has 5 heteroatoms. The predicted molar refractivity (Wildman–Crippen MR) is 138 cm³/mol. The summed E-state index contributed by atoms with van der Waals surface area (Å²) in [5.74, 6) is 1.00. The fourth-order valence-electron chi connectivity index (χ4n) is 7.18. The van der Waals surface area contributed by atoms with Gasteiger partial charge in [-0.25, -0.2) is 0 Å². The monoisotopic (exact) mass is 461 g/mol. The Balaban J connectivity index is 0.000000764. The van der Waals surface area contributed by atoms with Crippen LogP contribution in [0.2, 0.25) is 0 Å². The van der Waals surface area contributed by atoms with Crippen LogP contribution in [0.25, 0.3) is 16.5 Å². The Morgan fingerprint density at radius 2 is 1.97 bits per heavy atom. The molecule has 0 spiro atoms. The van der Waals surface area contributed by atoms with Crippen molar-refractivity contribution < 1.29 is 10.2 Å². The average molecular weight is 462 g/mol. The van der Waals surface area contributed by atoms with Crippen LogP contribution in [-0.2, 0) is 0 Å². The van der Waals surface area contributed by atoms with Crippen molar-refractivity contribution in [3.8, 4) is 0 Å². The summed E-state index contributed by atoms with van der Waals surface area (Å²) in [6.07, 6.45) is 14.1. The van der Waals surface area contributed by atoms with E-state index in [1.54, 1.807) is 0 Å². The van der Waals surface area contributed by atoms with Crippen LogP contribution in [0.4, 0.5) is 0 Å². The van der Waals surface area contributed by atoms with E-state index in [-0.39, 0.29) is 17.4 Å². The summed E-state index contributed by atoms with van der Waals surface area (Å²) >= 11 is 0. The second-order valence-electron chi connectivity index (χ2n) is 11.1. The molecule has 5 nitrogen and oxygen atoms in total. The van der Waals surface area contributed by atoms with E-state index in [0.717, 1.165) is 55.0 Å². The first-order chi connectivity index (χ1) is 16.3. The predicted octanol–water partition coefficient (Wildman–Crippen LogP) is 5.00. The number of fused-ring (bicyclic) bond motifs is 5. The summed E-state index contributed by atoms with van der Waals surface area (Å²) in [6, 6.07) is 6.56. The molecule has 6 atom stereocenters. The Morgan fingerprint density at radius 1 is 1.18 bits per heavy atom. The lowest BCUT2D eigenvalue weighted by Crippen LogP contribution is -2.51. The van der Waals surface area contributed by atoms with Crippen molar-refractivity contribution in [1.29, 1.82) is 0 Å². The number of hydrogen-bond acceptors (Lipinski definition) is 4. The number of aliphatic hydroxyl groups is 2. The van der Waals surface area contributed by atoms with Crippen molar-refractivity contribution in [2.24, 2.45) is 23.2 Å². The minimum Gasteiger partial charge on any atom is -0.393 e. The van der Waals surface area contributed by atoms with Crippen LogP contribution in [-0.4, -0.2) is 46.2 Å². The van der Waals surface area contributed by atoms with E-state index >= 15 is 0 Å². The molecule has 0 amide bonds. The SMILES string of the molecule is CC1C=C2C=C3CC(O)CCC3CC[C@]2(O)C2CC=C(c3ccc4cn[nH]c4c3)C12C.CNC. The summed E-state index contributed by atoms with van der Waals surface area (Å²) in [5, 5.41) is 33.6. The highest BCUT2D eigenvalue weighted by atomic mass is 16.3. The van der Waals surface area contributed by atoms with Gasteiger partial charge in [0.1, 0.15) is 0 Å². The number of aromatic amines is 1. The van der Waals surface area contributed by atoms with Gasteiger partial charge in [0.2, 0.25) is 0 Å². The normalized spacial score (nSPS) is 36.7. The molecule has 1 fully saturated rings. The number of H-pyrrole nitrogens is 1. The van der Waals surface area contributed by atoms with Crippen LogP contribution in [0.5, 0.6) is 0 Å². The zero-order chi connectivity index (χ0) is 24.1. The van der Waals surface area contributed by atoms with E-state index in [2.05, 4.69) is 65.8 Å². The van der Waals surface area contributed by atoms with Gasteiger partial charge in [-0.3, -0.25) is 5.10 Å². The molecule has 1 saturated carbocycles. The molecular weight excluding hydrogens is 422 g/mol. The zero-order valence-corrected chi connectivity index (χ0v) is 20.9. The van der Waals surface area contributed by atoms with Gasteiger partial charge in [-0.1, -0.05) is 49.8 Å². The topological polar surface area (TPSA) is 81.2 Å². The first-order valence-corrected chi connectivity index (χ1v) is 12.9. The Morgan fingerprint density at radius 3 is 2.76 bits per heavy atom. The number of benzene rings is 1. The van der Waals surface area contributed by atoms with Crippen molar-refractivity contribution >= 4 is 16.5 Å². The Hall–Kier alpha value is -2.21. The highest BCUT2D eigenvalue weighted by Gasteiger charge is 2.58. The van der Waals surface area contributed by atoms with Gasteiger partial charge >= 0.3 is 0 Å². The van der Waals surface area contributed by atoms with Crippen molar-refractivity contribution in [3.05, 3.63) is 59.3 Å². The van der Waals surface area contributed by atoms with Crippen molar-refractivity contribution in [3.63, 3.8) is 0 Å². The summed E-state index contributed by atoms with van der Waals surface area (Å²) in [5.41, 5.74) is 5.20. The molecule has 0 bridgehead atoms. The molecular formula is C29H39N3O2. The molecule has 182 valence electrons. The first kappa shape index (κ1) is 23.5. The number of aromatic nitrogens is 2. The second-order valence-corrected chi connectivity index (χ2v) is 11.1. The molecule has 4 N–H and O–H groups in total. The fourth-order valence-corrected chi connectivity index (χ4v) is 7.18. The molecule has 0 radical (unpaired) electrons. The van der Waals surface area contributed by atoms with Gasteiger partial charge in [0.25, 0.3) is 0 Å². The summed E-state index contributed by atoms with van der Waals surface area (Å²) in [6.45, 7) is 4.67. The number of allylic oxidation sites excluding steroid dienone is 3. The van der Waals surface area contributed by atoms with Crippen LogP contribution in [0.3, 0.4) is 0 Å². The molecule has 4 aliphatic carbocycles. The molecule has 4 aliphatic rings. The number of aliphatic hydroxyl groups excluding tert-OH is 1. The van der Waals surface area contributed by atoms with Gasteiger partial charge in [-0.2, -0.15) is 5.10 Å². The Bertz CT molecular complexity index is 1160. The van der Waals surface area contributed by atoms with E-state index in [1.807, 2.05) is 20.3 Å². The lowest BCUT2D eigenvalue weighted by atomic mass is 9.54. The standard InChI is InChI=1S/C27H32N2O2.C2H7N/c1-16-11-21-12-20-13-22(30)6-5-17(20)9-10-27(21,31)25-8-7-23(26(16,25)2)18-3-4-19-15-28-29-24(19)14-18;1-3-2/h3-4,7,11-12,14-17,22,25,30-31H,5-6,8-10,13H2,1-2H3,(H,28,29);3H,1-2H3/t16?,17?,22?,25?,26?,27-;/m1./s1. The lowest BCUT2D eigenvalue weighted by molar-refractivity contribution is -0.0455. The molecule has 1 aromatic heterocycles. The van der Waals surface area contributed by atoms with E-state index in [1.165, 1.54) is 16.7 Å². The Labute approximate surface area is 203 Å². The van der Waals surface area contributed by atoms with Crippen LogP contribution in [0, 0.1) is 23.2 Å². The van der Waals surface area contributed by atoms with Crippen LogP contribution in [0.15, 0.2) is 53.8 Å². The summed E-state index contributed by atoms with van der Waals surface area (Å²) in [7, 11) is 3.75. The smallest absolute Gasteiger partial charge is 0.0933 e. The van der Waals surface area contributed by atoms with Gasteiger partial charge in [0.05, 0.1) is 23.4 Å². The fraction of sp³-hybridized carbons (Fsp3) is 0.552. The van der Waals surface area contributed by atoms with Crippen LogP contribution < -0.4 is 5.32 Å². The summed E-state index contributed by atoms with van der Waals surface area (Å²) < 4.78 is 0. The second kappa shape index (κ2) is 8.78. The lowest BCUT2D eigenvalue weighted by Gasteiger charge is -2.51. The Kier molecular flexibility index (Phi) is 6.07. The molecule has 0 aliphatic heterocycles. The van der Waals surface area contributed by atoms with Crippen molar-refractivity contribution in [2.45, 2.75) is 64.1 Å². The largest absolute Gasteiger partial charge is 0.393 e. The van der Waals surface area contributed by atoms with Gasteiger partial charge in [0, 0.05) is 16.7 Å². The van der Waals surface area contributed by atoms with Gasteiger partial charge in [-0.05, 0) is 87.2 Å². The molecule has 2 aromatic rings. The maximum Gasteiger partial charge on any atom is 0.0933 e. The first-order valence-electron chi connectivity index (χ1n) is 12.9. The zero-order valence-electron chi connectivity index (χ0n) is 20.9.